The highest BCUT2D eigenvalue weighted by Crippen LogP contribution is 2.26. The number of thiazole rings is 1. The zero-order valence-electron chi connectivity index (χ0n) is 9.25. The van der Waals surface area contributed by atoms with E-state index in [2.05, 4.69) is 15.6 Å². The first-order chi connectivity index (χ1) is 7.40. The second-order valence-corrected chi connectivity index (χ2v) is 5.17. The summed E-state index contributed by atoms with van der Waals surface area (Å²) in [5.41, 5.74) is 0. The molecule has 0 bridgehead atoms. The number of likely N-dealkylation sites (N-methyl/N-ethyl adjacent to an activating group) is 1. The zero-order chi connectivity index (χ0) is 10.5. The minimum Gasteiger partial charge on any atom is -0.319 e. The van der Waals surface area contributed by atoms with Crippen LogP contribution >= 0.6 is 11.3 Å². The predicted molar refractivity (Wildman–Crippen MR) is 64.3 cm³/mol. The van der Waals surface area contributed by atoms with Crippen LogP contribution < -0.4 is 10.6 Å². The van der Waals surface area contributed by atoms with Gasteiger partial charge in [0.2, 0.25) is 0 Å². The molecule has 3 nitrogen and oxygen atoms in total. The summed E-state index contributed by atoms with van der Waals surface area (Å²) < 4.78 is 0. The van der Waals surface area contributed by atoms with Gasteiger partial charge in [0, 0.05) is 11.1 Å². The summed E-state index contributed by atoms with van der Waals surface area (Å²) in [5.74, 6) is 0. The molecule has 0 spiro atoms. The molecule has 0 amide bonds. The van der Waals surface area contributed by atoms with E-state index in [1.165, 1.54) is 29.1 Å². The summed E-state index contributed by atoms with van der Waals surface area (Å²) in [5, 5.41) is 7.98. The normalized spacial score (nSPS) is 21.8. The Morgan fingerprint density at radius 2 is 2.53 bits per heavy atom. The molecule has 1 aromatic heterocycles. The molecule has 2 N–H and O–H groups in total. The summed E-state index contributed by atoms with van der Waals surface area (Å²) in [6.07, 6.45) is 7.03. The van der Waals surface area contributed by atoms with Crippen LogP contribution in [0, 0.1) is 0 Å². The van der Waals surface area contributed by atoms with Gasteiger partial charge in [-0.05, 0) is 39.4 Å². The fraction of sp³-hybridized carbons (Fsp3) is 0.727. The van der Waals surface area contributed by atoms with Gasteiger partial charge in [0.05, 0.1) is 6.04 Å². The highest BCUT2D eigenvalue weighted by atomic mass is 32.1. The van der Waals surface area contributed by atoms with Crippen LogP contribution in [0.3, 0.4) is 0 Å². The average Bonchev–Trinajstić information content (AvgIpc) is 2.76. The van der Waals surface area contributed by atoms with Crippen LogP contribution in [0.15, 0.2) is 6.20 Å². The van der Waals surface area contributed by atoms with Gasteiger partial charge in [-0.2, -0.15) is 0 Å². The molecule has 0 radical (unpaired) electrons. The van der Waals surface area contributed by atoms with Crippen LogP contribution in [0.25, 0.3) is 0 Å². The third-order valence-electron chi connectivity index (χ3n) is 2.80. The maximum Gasteiger partial charge on any atom is 0.110 e. The smallest absolute Gasteiger partial charge is 0.110 e. The Morgan fingerprint density at radius 3 is 3.27 bits per heavy atom. The maximum atomic E-state index is 4.52. The van der Waals surface area contributed by atoms with E-state index in [0.29, 0.717) is 6.04 Å². The Morgan fingerprint density at radius 1 is 1.60 bits per heavy atom. The van der Waals surface area contributed by atoms with Crippen LogP contribution in [0.4, 0.5) is 0 Å². The van der Waals surface area contributed by atoms with Gasteiger partial charge in [-0.15, -0.1) is 11.3 Å². The van der Waals surface area contributed by atoms with E-state index in [-0.39, 0.29) is 0 Å². The zero-order valence-corrected chi connectivity index (χ0v) is 10.1. The SMILES string of the molecule is CNCCc1cnc(C2CCCCN2)s1. The standard InChI is InChI=1S/C11H19N3S/c1-12-7-5-9-8-14-11(15-9)10-4-2-3-6-13-10/h8,10,12-13H,2-7H2,1H3. The van der Waals surface area contributed by atoms with Crippen molar-refractivity contribution in [3.8, 4) is 0 Å². The molecule has 1 aliphatic heterocycles. The van der Waals surface area contributed by atoms with Crippen molar-refractivity contribution in [2.45, 2.75) is 31.7 Å². The molecule has 2 rings (SSSR count). The van der Waals surface area contributed by atoms with Gasteiger partial charge < -0.3 is 10.6 Å². The number of nitrogens with zero attached hydrogens (tertiary/aromatic N) is 1. The molecule has 4 heteroatoms. The third kappa shape index (κ3) is 3.00. The molecule has 1 aromatic rings. The molecule has 0 aliphatic carbocycles. The summed E-state index contributed by atoms with van der Waals surface area (Å²) in [7, 11) is 1.99. The Hall–Kier alpha value is -0.450. The lowest BCUT2D eigenvalue weighted by Crippen LogP contribution is -2.26. The molecule has 84 valence electrons. The highest BCUT2D eigenvalue weighted by Gasteiger charge is 2.17. The number of rotatable bonds is 4. The Balaban J connectivity index is 1.93. The summed E-state index contributed by atoms with van der Waals surface area (Å²) in [6, 6.07) is 0.520. The molecule has 2 heterocycles. The highest BCUT2D eigenvalue weighted by molar-refractivity contribution is 7.11. The van der Waals surface area contributed by atoms with E-state index in [1.807, 2.05) is 24.6 Å². The Kier molecular flexibility index (Phi) is 4.11. The summed E-state index contributed by atoms with van der Waals surface area (Å²) in [6.45, 7) is 2.19. The first kappa shape index (κ1) is 11.0. The topological polar surface area (TPSA) is 37.0 Å². The lowest BCUT2D eigenvalue weighted by atomic mass is 10.1. The van der Waals surface area contributed by atoms with Crippen LogP contribution in [0.5, 0.6) is 0 Å². The van der Waals surface area contributed by atoms with E-state index in [9.17, 15) is 0 Å². The number of nitrogens with one attached hydrogen (secondary N) is 2. The fourth-order valence-corrected chi connectivity index (χ4v) is 2.94. The van der Waals surface area contributed by atoms with E-state index in [4.69, 9.17) is 0 Å². The van der Waals surface area contributed by atoms with Crippen molar-refractivity contribution in [3.05, 3.63) is 16.1 Å². The van der Waals surface area contributed by atoms with Crippen molar-refractivity contribution in [2.75, 3.05) is 20.1 Å². The molecule has 1 atom stereocenters. The molecule has 1 fully saturated rings. The molecular formula is C11H19N3S. The van der Waals surface area contributed by atoms with Crippen molar-refractivity contribution in [1.82, 2.24) is 15.6 Å². The van der Waals surface area contributed by atoms with Gasteiger partial charge in [-0.25, -0.2) is 4.98 Å². The summed E-state index contributed by atoms with van der Waals surface area (Å²) >= 11 is 1.87. The van der Waals surface area contributed by atoms with E-state index >= 15 is 0 Å². The largest absolute Gasteiger partial charge is 0.319 e. The van der Waals surface area contributed by atoms with Gasteiger partial charge in [0.1, 0.15) is 5.01 Å². The second-order valence-electron chi connectivity index (χ2n) is 4.02. The van der Waals surface area contributed by atoms with Crippen molar-refractivity contribution >= 4 is 11.3 Å². The minimum atomic E-state index is 0.520. The number of hydrogen-bond acceptors (Lipinski definition) is 4. The lowest BCUT2D eigenvalue weighted by Gasteiger charge is -2.21. The van der Waals surface area contributed by atoms with Crippen LogP contribution in [0.1, 0.15) is 35.2 Å². The first-order valence-corrected chi connectivity index (χ1v) is 6.54. The second kappa shape index (κ2) is 5.58. The molecule has 1 unspecified atom stereocenters. The monoisotopic (exact) mass is 225 g/mol. The van der Waals surface area contributed by atoms with E-state index in [0.717, 1.165) is 19.5 Å². The Labute approximate surface area is 95.3 Å². The number of piperidine rings is 1. The van der Waals surface area contributed by atoms with Gasteiger partial charge in [0.25, 0.3) is 0 Å². The van der Waals surface area contributed by atoms with Gasteiger partial charge in [-0.3, -0.25) is 0 Å². The average molecular weight is 225 g/mol. The molecule has 0 saturated carbocycles. The summed E-state index contributed by atoms with van der Waals surface area (Å²) in [4.78, 5) is 5.92. The number of aromatic nitrogens is 1. The molecule has 15 heavy (non-hydrogen) atoms. The van der Waals surface area contributed by atoms with E-state index in [1.54, 1.807) is 0 Å². The van der Waals surface area contributed by atoms with Crippen molar-refractivity contribution in [3.63, 3.8) is 0 Å². The first-order valence-electron chi connectivity index (χ1n) is 5.72. The number of hydrogen-bond donors (Lipinski definition) is 2. The van der Waals surface area contributed by atoms with Crippen molar-refractivity contribution in [2.24, 2.45) is 0 Å². The van der Waals surface area contributed by atoms with Crippen LogP contribution in [-0.2, 0) is 6.42 Å². The van der Waals surface area contributed by atoms with Crippen LogP contribution in [-0.4, -0.2) is 25.1 Å². The van der Waals surface area contributed by atoms with E-state index < -0.39 is 0 Å². The van der Waals surface area contributed by atoms with Gasteiger partial charge in [0.15, 0.2) is 0 Å². The molecular weight excluding hydrogens is 206 g/mol. The van der Waals surface area contributed by atoms with Crippen molar-refractivity contribution < 1.29 is 0 Å². The van der Waals surface area contributed by atoms with Crippen LogP contribution in [0.2, 0.25) is 0 Å². The minimum absolute atomic E-state index is 0.520. The lowest BCUT2D eigenvalue weighted by molar-refractivity contribution is 0.411. The third-order valence-corrected chi connectivity index (χ3v) is 3.97. The fourth-order valence-electron chi connectivity index (χ4n) is 1.91. The van der Waals surface area contributed by atoms with Gasteiger partial charge in [-0.1, -0.05) is 6.42 Å². The molecule has 1 saturated heterocycles. The molecule has 0 aromatic carbocycles. The Bertz CT molecular complexity index is 292. The predicted octanol–water partition coefficient (Wildman–Crippen LogP) is 1.72. The quantitative estimate of drug-likeness (QED) is 0.819. The van der Waals surface area contributed by atoms with Gasteiger partial charge >= 0.3 is 0 Å². The molecule has 1 aliphatic rings. The van der Waals surface area contributed by atoms with Crippen molar-refractivity contribution in [1.29, 1.82) is 0 Å². The maximum absolute atomic E-state index is 4.52.